The number of esters is 1. The third kappa shape index (κ3) is 3.19. The lowest BCUT2D eigenvalue weighted by Gasteiger charge is -2.34. The van der Waals surface area contributed by atoms with E-state index in [0.717, 1.165) is 45.1 Å². The summed E-state index contributed by atoms with van der Waals surface area (Å²) in [7, 11) is 0. The van der Waals surface area contributed by atoms with Crippen molar-refractivity contribution in [2.45, 2.75) is 57.1 Å². The fourth-order valence-electron chi connectivity index (χ4n) is 2.87. The fourth-order valence-corrected chi connectivity index (χ4v) is 2.87. The van der Waals surface area contributed by atoms with E-state index in [1.807, 2.05) is 0 Å². The van der Waals surface area contributed by atoms with Crippen LogP contribution in [-0.2, 0) is 14.3 Å². The van der Waals surface area contributed by atoms with E-state index in [-0.39, 0.29) is 12.1 Å². The Kier molecular flexibility index (Phi) is 4.05. The smallest absolute Gasteiger partial charge is 0.326 e. The van der Waals surface area contributed by atoms with Crippen LogP contribution in [0.3, 0.4) is 0 Å². The van der Waals surface area contributed by atoms with Crippen LogP contribution in [0.5, 0.6) is 0 Å². The van der Waals surface area contributed by atoms with E-state index in [1.54, 1.807) is 0 Å². The lowest BCUT2D eigenvalue weighted by atomic mass is 9.77. The van der Waals surface area contributed by atoms with Crippen molar-refractivity contribution >= 4 is 5.97 Å². The highest BCUT2D eigenvalue weighted by atomic mass is 16.6. The standard InChI is InChI=1S/C13H23NO3/c1-10-4-2-6-13(14,8-10)12(15)17-9-11-5-3-7-16-11/h10-11H,2-9,14H2,1H3. The van der Waals surface area contributed by atoms with E-state index in [2.05, 4.69) is 6.92 Å². The molecule has 3 unspecified atom stereocenters. The van der Waals surface area contributed by atoms with Gasteiger partial charge in [-0.05, 0) is 31.6 Å². The quantitative estimate of drug-likeness (QED) is 0.763. The van der Waals surface area contributed by atoms with Gasteiger partial charge in [-0.25, -0.2) is 0 Å². The van der Waals surface area contributed by atoms with Gasteiger partial charge >= 0.3 is 5.97 Å². The molecule has 2 aliphatic rings. The predicted octanol–water partition coefficient (Wildman–Crippen LogP) is 1.62. The van der Waals surface area contributed by atoms with Gasteiger partial charge in [0.2, 0.25) is 0 Å². The van der Waals surface area contributed by atoms with Crippen molar-refractivity contribution in [3.63, 3.8) is 0 Å². The highest BCUT2D eigenvalue weighted by Crippen LogP contribution is 2.31. The van der Waals surface area contributed by atoms with Crippen LogP contribution < -0.4 is 5.73 Å². The number of hydrogen-bond donors (Lipinski definition) is 1. The summed E-state index contributed by atoms with van der Waals surface area (Å²) in [6.45, 7) is 3.30. The zero-order valence-electron chi connectivity index (χ0n) is 10.6. The average Bonchev–Trinajstić information content (AvgIpc) is 2.78. The summed E-state index contributed by atoms with van der Waals surface area (Å²) >= 11 is 0. The molecule has 2 N–H and O–H groups in total. The Labute approximate surface area is 103 Å². The molecule has 2 fully saturated rings. The summed E-state index contributed by atoms with van der Waals surface area (Å²) in [5.74, 6) is 0.281. The molecule has 0 spiro atoms. The minimum atomic E-state index is -0.754. The average molecular weight is 241 g/mol. The zero-order chi connectivity index (χ0) is 12.3. The Bertz CT molecular complexity index is 276. The van der Waals surface area contributed by atoms with Crippen LogP contribution in [-0.4, -0.2) is 30.8 Å². The Hall–Kier alpha value is -0.610. The number of rotatable bonds is 3. The van der Waals surface area contributed by atoms with E-state index in [9.17, 15) is 4.79 Å². The normalized spacial score (nSPS) is 38.0. The van der Waals surface area contributed by atoms with Gasteiger partial charge in [-0.3, -0.25) is 4.79 Å². The van der Waals surface area contributed by atoms with Gasteiger partial charge in [0.05, 0.1) is 6.10 Å². The summed E-state index contributed by atoms with van der Waals surface area (Å²) in [5, 5.41) is 0. The van der Waals surface area contributed by atoms with E-state index >= 15 is 0 Å². The van der Waals surface area contributed by atoms with Crippen molar-refractivity contribution in [3.05, 3.63) is 0 Å². The molecule has 4 heteroatoms. The maximum Gasteiger partial charge on any atom is 0.326 e. The van der Waals surface area contributed by atoms with Crippen molar-refractivity contribution < 1.29 is 14.3 Å². The van der Waals surface area contributed by atoms with Crippen LogP contribution in [0.15, 0.2) is 0 Å². The van der Waals surface area contributed by atoms with Gasteiger partial charge in [0.1, 0.15) is 12.1 Å². The molecule has 1 saturated carbocycles. The van der Waals surface area contributed by atoms with E-state index in [4.69, 9.17) is 15.2 Å². The second kappa shape index (κ2) is 5.36. The van der Waals surface area contributed by atoms with Crippen molar-refractivity contribution in [1.29, 1.82) is 0 Å². The molecule has 2 rings (SSSR count). The minimum Gasteiger partial charge on any atom is -0.462 e. The molecule has 17 heavy (non-hydrogen) atoms. The van der Waals surface area contributed by atoms with E-state index in [1.165, 1.54) is 0 Å². The van der Waals surface area contributed by atoms with Crippen LogP contribution in [0.4, 0.5) is 0 Å². The second-order valence-electron chi connectivity index (χ2n) is 5.59. The molecule has 0 aromatic heterocycles. The number of nitrogens with two attached hydrogens (primary N) is 1. The number of ether oxygens (including phenoxy) is 2. The minimum absolute atomic E-state index is 0.0866. The molecule has 0 bridgehead atoms. The highest BCUT2D eigenvalue weighted by molar-refractivity contribution is 5.80. The van der Waals surface area contributed by atoms with Crippen LogP contribution in [0.25, 0.3) is 0 Å². The lowest BCUT2D eigenvalue weighted by Crippen LogP contribution is -2.52. The molecule has 98 valence electrons. The van der Waals surface area contributed by atoms with Gasteiger partial charge < -0.3 is 15.2 Å². The van der Waals surface area contributed by atoms with Crippen molar-refractivity contribution in [2.75, 3.05) is 13.2 Å². The molecule has 1 saturated heterocycles. The SMILES string of the molecule is CC1CCCC(N)(C(=O)OCC2CCCO2)C1. The topological polar surface area (TPSA) is 61.6 Å². The molecule has 0 aromatic carbocycles. The first-order valence-corrected chi connectivity index (χ1v) is 6.68. The largest absolute Gasteiger partial charge is 0.462 e. The first-order chi connectivity index (χ1) is 8.10. The Morgan fingerprint density at radius 3 is 2.94 bits per heavy atom. The van der Waals surface area contributed by atoms with Crippen molar-refractivity contribution in [3.8, 4) is 0 Å². The van der Waals surface area contributed by atoms with Gasteiger partial charge in [0.25, 0.3) is 0 Å². The van der Waals surface area contributed by atoms with Gasteiger partial charge in [-0.15, -0.1) is 0 Å². The summed E-state index contributed by atoms with van der Waals surface area (Å²) in [6, 6.07) is 0. The molecule has 0 radical (unpaired) electrons. The fraction of sp³-hybridized carbons (Fsp3) is 0.923. The number of carbonyl (C=O) groups excluding carboxylic acids is 1. The number of carbonyl (C=O) groups is 1. The number of hydrogen-bond acceptors (Lipinski definition) is 4. The van der Waals surface area contributed by atoms with Crippen LogP contribution in [0, 0.1) is 5.92 Å². The molecule has 0 aromatic rings. The Balaban J connectivity index is 1.81. The van der Waals surface area contributed by atoms with Gasteiger partial charge in [0.15, 0.2) is 0 Å². The predicted molar refractivity (Wildman–Crippen MR) is 64.5 cm³/mol. The summed E-state index contributed by atoms with van der Waals surface area (Å²) in [6.07, 6.45) is 5.82. The van der Waals surface area contributed by atoms with Crippen molar-refractivity contribution in [2.24, 2.45) is 11.7 Å². The van der Waals surface area contributed by atoms with Crippen LogP contribution >= 0.6 is 0 Å². The Morgan fingerprint density at radius 2 is 2.29 bits per heavy atom. The summed E-state index contributed by atoms with van der Waals surface area (Å²) in [5.41, 5.74) is 5.41. The first kappa shape index (κ1) is 12.8. The second-order valence-corrected chi connectivity index (χ2v) is 5.59. The lowest BCUT2D eigenvalue weighted by molar-refractivity contribution is -0.155. The molecule has 1 aliphatic heterocycles. The van der Waals surface area contributed by atoms with E-state index < -0.39 is 5.54 Å². The molecule has 1 aliphatic carbocycles. The highest BCUT2D eigenvalue weighted by Gasteiger charge is 2.39. The summed E-state index contributed by atoms with van der Waals surface area (Å²) < 4.78 is 10.8. The molecular formula is C13H23NO3. The zero-order valence-corrected chi connectivity index (χ0v) is 10.6. The summed E-state index contributed by atoms with van der Waals surface area (Å²) in [4.78, 5) is 12.0. The maximum atomic E-state index is 12.0. The molecule has 4 nitrogen and oxygen atoms in total. The Morgan fingerprint density at radius 1 is 1.47 bits per heavy atom. The van der Waals surface area contributed by atoms with Crippen LogP contribution in [0.1, 0.15) is 45.4 Å². The third-order valence-corrected chi connectivity index (χ3v) is 3.86. The van der Waals surface area contributed by atoms with Gasteiger partial charge in [0, 0.05) is 6.61 Å². The molecular weight excluding hydrogens is 218 g/mol. The van der Waals surface area contributed by atoms with Crippen LogP contribution in [0.2, 0.25) is 0 Å². The van der Waals surface area contributed by atoms with Gasteiger partial charge in [-0.1, -0.05) is 19.8 Å². The third-order valence-electron chi connectivity index (χ3n) is 3.86. The van der Waals surface area contributed by atoms with E-state index in [0.29, 0.717) is 12.5 Å². The molecule has 0 amide bonds. The van der Waals surface area contributed by atoms with Gasteiger partial charge in [-0.2, -0.15) is 0 Å². The monoisotopic (exact) mass is 241 g/mol. The first-order valence-electron chi connectivity index (χ1n) is 6.68. The maximum absolute atomic E-state index is 12.0. The van der Waals surface area contributed by atoms with Crippen molar-refractivity contribution in [1.82, 2.24) is 0 Å². The molecule has 1 heterocycles. The molecule has 3 atom stereocenters.